The van der Waals surface area contributed by atoms with Crippen LogP contribution in [-0.4, -0.2) is 17.9 Å². The Morgan fingerprint density at radius 1 is 1.08 bits per heavy atom. The van der Waals surface area contributed by atoms with E-state index in [9.17, 15) is 14.4 Å². The minimum Gasteiger partial charge on any atom is -0.449 e. The van der Waals surface area contributed by atoms with Gasteiger partial charge in [-0.2, -0.15) is 0 Å². The first kappa shape index (κ1) is 17.6. The van der Waals surface area contributed by atoms with E-state index in [4.69, 9.17) is 9.15 Å². The van der Waals surface area contributed by atoms with Crippen LogP contribution < -0.4 is 5.43 Å². The Morgan fingerprint density at radius 3 is 2.46 bits per heavy atom. The fraction of sp³-hybridized carbons (Fsp3) is 0.190. The van der Waals surface area contributed by atoms with E-state index in [-0.39, 0.29) is 17.0 Å². The highest BCUT2D eigenvalue weighted by Gasteiger charge is 2.22. The molecule has 5 nitrogen and oxygen atoms in total. The number of hydrogen-bond donors (Lipinski definition) is 0. The molecule has 5 heteroatoms. The number of Topliss-reactive ketones (excluding diaryl/α,β-unsaturated/α-hetero) is 1. The Labute approximate surface area is 150 Å². The third kappa shape index (κ3) is 3.57. The van der Waals surface area contributed by atoms with Crippen LogP contribution in [0.5, 0.6) is 0 Å². The fourth-order valence-electron chi connectivity index (χ4n) is 2.62. The van der Waals surface area contributed by atoms with Gasteiger partial charge >= 0.3 is 5.97 Å². The van der Waals surface area contributed by atoms with E-state index >= 15 is 0 Å². The van der Waals surface area contributed by atoms with Crippen molar-refractivity contribution in [3.63, 3.8) is 0 Å². The van der Waals surface area contributed by atoms with E-state index in [1.165, 1.54) is 6.92 Å². The second kappa shape index (κ2) is 7.35. The summed E-state index contributed by atoms with van der Waals surface area (Å²) in [6.45, 7) is 3.52. The van der Waals surface area contributed by atoms with Gasteiger partial charge in [-0.25, -0.2) is 4.79 Å². The molecular weight excluding hydrogens is 332 g/mol. The molecule has 0 aliphatic heterocycles. The first-order valence-electron chi connectivity index (χ1n) is 8.36. The average molecular weight is 350 g/mol. The Morgan fingerprint density at radius 2 is 1.77 bits per heavy atom. The minimum absolute atomic E-state index is 0.227. The topological polar surface area (TPSA) is 73.6 Å². The van der Waals surface area contributed by atoms with Gasteiger partial charge in [0.05, 0.1) is 5.39 Å². The third-order valence-electron chi connectivity index (χ3n) is 4.14. The summed E-state index contributed by atoms with van der Waals surface area (Å²) in [5.74, 6) is -1.39. The monoisotopic (exact) mass is 350 g/mol. The second-order valence-electron chi connectivity index (χ2n) is 5.93. The van der Waals surface area contributed by atoms with Crippen LogP contribution in [-0.2, 0) is 11.2 Å². The van der Waals surface area contributed by atoms with Crippen LogP contribution in [0.15, 0.2) is 63.8 Å². The molecule has 0 amide bonds. The fourth-order valence-corrected chi connectivity index (χ4v) is 2.62. The van der Waals surface area contributed by atoms with Crippen LogP contribution in [0.1, 0.15) is 40.3 Å². The van der Waals surface area contributed by atoms with Gasteiger partial charge in [-0.05, 0) is 31.0 Å². The van der Waals surface area contributed by atoms with Gasteiger partial charge in [0.2, 0.25) is 11.5 Å². The molecular formula is C21H18O5. The molecule has 0 aliphatic carbocycles. The second-order valence-corrected chi connectivity index (χ2v) is 5.93. The molecule has 26 heavy (non-hydrogen) atoms. The van der Waals surface area contributed by atoms with Gasteiger partial charge in [0.15, 0.2) is 11.5 Å². The van der Waals surface area contributed by atoms with Gasteiger partial charge in [0.1, 0.15) is 5.58 Å². The van der Waals surface area contributed by atoms with Gasteiger partial charge < -0.3 is 9.15 Å². The van der Waals surface area contributed by atoms with Crippen molar-refractivity contribution in [1.29, 1.82) is 0 Å². The molecule has 2 aromatic carbocycles. The summed E-state index contributed by atoms with van der Waals surface area (Å²) in [7, 11) is 0. The van der Waals surface area contributed by atoms with Crippen molar-refractivity contribution in [3.05, 3.63) is 81.7 Å². The molecule has 1 atom stereocenters. The lowest BCUT2D eigenvalue weighted by molar-refractivity contribution is 0.0289. The Kier molecular flexibility index (Phi) is 4.98. The highest BCUT2D eigenvalue weighted by Crippen LogP contribution is 2.15. The molecule has 0 unspecified atom stereocenters. The zero-order valence-corrected chi connectivity index (χ0v) is 14.5. The lowest BCUT2D eigenvalue weighted by atomic mass is 10.0. The maximum atomic E-state index is 12.4. The van der Waals surface area contributed by atoms with Gasteiger partial charge in [0.25, 0.3) is 0 Å². The molecule has 1 heterocycles. The summed E-state index contributed by atoms with van der Waals surface area (Å²) in [5, 5.41) is 0.379. The van der Waals surface area contributed by atoms with Crippen molar-refractivity contribution in [2.24, 2.45) is 0 Å². The molecule has 1 aromatic heterocycles. The Bertz CT molecular complexity index is 1010. The highest BCUT2D eigenvalue weighted by molar-refractivity contribution is 6.01. The first-order valence-corrected chi connectivity index (χ1v) is 8.36. The van der Waals surface area contributed by atoms with Crippen molar-refractivity contribution in [2.45, 2.75) is 26.4 Å². The first-order chi connectivity index (χ1) is 12.5. The lowest BCUT2D eigenvalue weighted by Crippen LogP contribution is -2.25. The minimum atomic E-state index is -0.994. The smallest absolute Gasteiger partial charge is 0.375 e. The maximum absolute atomic E-state index is 12.4. The number of para-hydroxylation sites is 1. The molecule has 132 valence electrons. The molecule has 3 aromatic rings. The molecule has 0 saturated carbocycles. The largest absolute Gasteiger partial charge is 0.449 e. The normalized spacial score (nSPS) is 11.9. The molecule has 3 rings (SSSR count). The van der Waals surface area contributed by atoms with E-state index in [1.54, 1.807) is 36.4 Å². The number of ether oxygens (including phenoxy) is 1. The van der Waals surface area contributed by atoms with Crippen LogP contribution in [0.25, 0.3) is 11.0 Å². The number of fused-ring (bicyclic) bond motifs is 1. The van der Waals surface area contributed by atoms with Gasteiger partial charge in [-0.3, -0.25) is 9.59 Å². The predicted octanol–water partition coefficient (Wildman–Crippen LogP) is 3.78. The quantitative estimate of drug-likeness (QED) is 0.517. The number of benzene rings is 2. The van der Waals surface area contributed by atoms with Gasteiger partial charge in [0, 0.05) is 11.6 Å². The Hall–Kier alpha value is -3.21. The SMILES string of the molecule is CCc1ccc(C(=O)[C@@H](C)OC(=O)c2cc(=O)c3ccccc3o2)cc1. The number of carbonyl (C=O) groups is 2. The molecule has 0 aliphatic rings. The number of rotatable bonds is 5. The summed E-state index contributed by atoms with van der Waals surface area (Å²) in [6.07, 6.45) is -0.119. The predicted molar refractivity (Wildman–Crippen MR) is 97.5 cm³/mol. The molecule has 0 saturated heterocycles. The summed E-state index contributed by atoms with van der Waals surface area (Å²) in [5.41, 5.74) is 1.53. The van der Waals surface area contributed by atoms with E-state index in [2.05, 4.69) is 0 Å². The third-order valence-corrected chi connectivity index (χ3v) is 4.14. The summed E-state index contributed by atoms with van der Waals surface area (Å²) >= 11 is 0. The van der Waals surface area contributed by atoms with Crippen LogP contribution in [0.4, 0.5) is 0 Å². The maximum Gasteiger partial charge on any atom is 0.375 e. The van der Waals surface area contributed by atoms with Crippen molar-refractivity contribution in [3.8, 4) is 0 Å². The zero-order valence-electron chi connectivity index (χ0n) is 14.5. The number of esters is 1. The van der Waals surface area contributed by atoms with Gasteiger partial charge in [-0.1, -0.05) is 43.3 Å². The molecule has 0 N–H and O–H groups in total. The van der Waals surface area contributed by atoms with E-state index in [0.717, 1.165) is 18.1 Å². The standard InChI is InChI=1S/C21H18O5/c1-3-14-8-10-15(11-9-14)20(23)13(2)25-21(24)19-12-17(22)16-6-4-5-7-18(16)26-19/h4-13H,3H2,1-2H3/t13-/m1/s1. The van der Waals surface area contributed by atoms with Crippen molar-refractivity contribution < 1.29 is 18.7 Å². The number of carbonyl (C=O) groups excluding carboxylic acids is 2. The van der Waals surface area contributed by atoms with Crippen molar-refractivity contribution >= 4 is 22.7 Å². The zero-order chi connectivity index (χ0) is 18.7. The molecule has 0 fully saturated rings. The summed E-state index contributed by atoms with van der Waals surface area (Å²) < 4.78 is 10.6. The molecule has 0 bridgehead atoms. The van der Waals surface area contributed by atoms with Crippen molar-refractivity contribution in [1.82, 2.24) is 0 Å². The number of aryl methyl sites for hydroxylation is 1. The number of ketones is 1. The Balaban J connectivity index is 1.78. The van der Waals surface area contributed by atoms with Crippen LogP contribution in [0.3, 0.4) is 0 Å². The molecule has 0 spiro atoms. The lowest BCUT2D eigenvalue weighted by Gasteiger charge is -2.12. The molecule has 0 radical (unpaired) electrons. The van der Waals surface area contributed by atoms with Gasteiger partial charge in [-0.15, -0.1) is 0 Å². The number of hydrogen-bond acceptors (Lipinski definition) is 5. The van der Waals surface area contributed by atoms with Crippen LogP contribution >= 0.6 is 0 Å². The summed E-state index contributed by atoms with van der Waals surface area (Å²) in [4.78, 5) is 36.8. The van der Waals surface area contributed by atoms with E-state index < -0.39 is 12.1 Å². The van der Waals surface area contributed by atoms with Crippen LogP contribution in [0.2, 0.25) is 0 Å². The average Bonchev–Trinajstić information content (AvgIpc) is 2.67. The van der Waals surface area contributed by atoms with E-state index in [0.29, 0.717) is 16.5 Å². The van der Waals surface area contributed by atoms with Crippen LogP contribution in [0, 0.1) is 0 Å². The highest BCUT2D eigenvalue weighted by atomic mass is 16.6. The van der Waals surface area contributed by atoms with Crippen molar-refractivity contribution in [2.75, 3.05) is 0 Å². The summed E-state index contributed by atoms with van der Waals surface area (Å²) in [6, 6.07) is 14.9. The van der Waals surface area contributed by atoms with E-state index in [1.807, 2.05) is 19.1 Å².